The first-order valence-electron chi connectivity index (χ1n) is 3.48. The predicted octanol–water partition coefficient (Wildman–Crippen LogP) is 3.02. The third-order valence-corrected chi connectivity index (χ3v) is 1.24. The lowest BCUT2D eigenvalue weighted by Crippen LogP contribution is -1.96. The molecule has 0 saturated heterocycles. The summed E-state index contributed by atoms with van der Waals surface area (Å²) in [6.07, 6.45) is 0. The van der Waals surface area contributed by atoms with Crippen molar-refractivity contribution in [1.29, 1.82) is 0 Å². The van der Waals surface area contributed by atoms with Crippen LogP contribution in [0.2, 0.25) is 0 Å². The minimum atomic E-state index is -1.28. The fourth-order valence-corrected chi connectivity index (χ4v) is 0.794. The van der Waals surface area contributed by atoms with Crippen LogP contribution < -0.4 is 4.74 Å². The van der Waals surface area contributed by atoms with E-state index in [9.17, 15) is 13.2 Å². The number of rotatable bonds is 2. The molecular formula is C9H7F3O. The van der Waals surface area contributed by atoms with Crippen molar-refractivity contribution >= 4 is 0 Å². The van der Waals surface area contributed by atoms with E-state index >= 15 is 0 Å². The van der Waals surface area contributed by atoms with Gasteiger partial charge in [0.2, 0.25) is 5.82 Å². The summed E-state index contributed by atoms with van der Waals surface area (Å²) in [5, 5.41) is 0. The molecule has 0 bridgehead atoms. The molecule has 0 aliphatic rings. The lowest BCUT2D eigenvalue weighted by molar-refractivity contribution is 0.378. The molecule has 0 saturated carbocycles. The number of ether oxygens (including phenoxy) is 1. The Kier molecular flexibility index (Phi) is 2.60. The zero-order valence-electron chi connectivity index (χ0n) is 6.90. The van der Waals surface area contributed by atoms with E-state index in [0.717, 1.165) is 6.07 Å². The second-order valence-corrected chi connectivity index (χ2v) is 2.50. The fourth-order valence-electron chi connectivity index (χ4n) is 0.794. The van der Waals surface area contributed by atoms with Crippen molar-refractivity contribution in [2.75, 3.05) is 0 Å². The summed E-state index contributed by atoms with van der Waals surface area (Å²) in [4.78, 5) is 0. The van der Waals surface area contributed by atoms with Crippen LogP contribution in [0.4, 0.5) is 13.2 Å². The number of hydrogen-bond donors (Lipinski definition) is 0. The minimum Gasteiger partial charge on any atom is -0.459 e. The highest BCUT2D eigenvalue weighted by molar-refractivity contribution is 5.27. The lowest BCUT2D eigenvalue weighted by atomic mass is 10.3. The molecule has 0 aliphatic carbocycles. The Morgan fingerprint density at radius 1 is 1.31 bits per heavy atom. The van der Waals surface area contributed by atoms with Crippen molar-refractivity contribution < 1.29 is 17.9 Å². The fraction of sp³-hybridized carbons (Fsp3) is 0.111. The molecule has 1 rings (SSSR count). The van der Waals surface area contributed by atoms with Gasteiger partial charge in [0.15, 0.2) is 11.6 Å². The van der Waals surface area contributed by atoms with Crippen LogP contribution in [0.15, 0.2) is 24.5 Å². The Balaban J connectivity index is 3.12. The predicted molar refractivity (Wildman–Crippen MR) is 41.8 cm³/mol. The number of halogens is 3. The SMILES string of the molecule is C=C(C)Oc1cc(F)cc(F)c1F. The summed E-state index contributed by atoms with van der Waals surface area (Å²) < 4.78 is 42.6. The van der Waals surface area contributed by atoms with Crippen molar-refractivity contribution in [2.45, 2.75) is 6.92 Å². The maximum atomic E-state index is 12.8. The Bertz CT molecular complexity index is 347. The molecular weight excluding hydrogens is 181 g/mol. The van der Waals surface area contributed by atoms with Crippen LogP contribution in [0, 0.1) is 17.5 Å². The van der Waals surface area contributed by atoms with Gasteiger partial charge < -0.3 is 4.74 Å². The maximum absolute atomic E-state index is 12.8. The quantitative estimate of drug-likeness (QED) is 0.512. The monoisotopic (exact) mass is 188 g/mol. The highest BCUT2D eigenvalue weighted by atomic mass is 19.2. The van der Waals surface area contributed by atoms with Crippen LogP contribution in [0.3, 0.4) is 0 Å². The second-order valence-electron chi connectivity index (χ2n) is 2.50. The van der Waals surface area contributed by atoms with Crippen LogP contribution >= 0.6 is 0 Å². The summed E-state index contributed by atoms with van der Waals surface area (Å²) in [5.74, 6) is -3.73. The topological polar surface area (TPSA) is 9.23 Å². The largest absolute Gasteiger partial charge is 0.459 e. The summed E-state index contributed by atoms with van der Waals surface area (Å²) in [5.41, 5.74) is 0. The van der Waals surface area contributed by atoms with Gasteiger partial charge in [-0.2, -0.15) is 4.39 Å². The average molecular weight is 188 g/mol. The molecule has 1 aromatic rings. The minimum absolute atomic E-state index is 0.156. The Labute approximate surface area is 73.4 Å². The molecule has 1 aromatic carbocycles. The first-order valence-corrected chi connectivity index (χ1v) is 3.48. The molecule has 0 unspecified atom stereocenters. The molecule has 1 nitrogen and oxygen atoms in total. The van der Waals surface area contributed by atoms with Gasteiger partial charge in [-0.25, -0.2) is 8.78 Å². The Morgan fingerprint density at radius 2 is 1.92 bits per heavy atom. The zero-order valence-corrected chi connectivity index (χ0v) is 6.90. The lowest BCUT2D eigenvalue weighted by Gasteiger charge is -2.05. The van der Waals surface area contributed by atoms with E-state index in [1.165, 1.54) is 6.92 Å². The van der Waals surface area contributed by atoms with Crippen molar-refractivity contribution in [1.82, 2.24) is 0 Å². The van der Waals surface area contributed by atoms with Crippen LogP contribution in [0.25, 0.3) is 0 Å². The third-order valence-electron chi connectivity index (χ3n) is 1.24. The molecule has 0 fully saturated rings. The number of benzene rings is 1. The van der Waals surface area contributed by atoms with Crippen molar-refractivity contribution in [3.05, 3.63) is 41.9 Å². The Hall–Kier alpha value is -1.45. The molecule has 4 heteroatoms. The molecule has 0 heterocycles. The highest BCUT2D eigenvalue weighted by Crippen LogP contribution is 2.22. The van der Waals surface area contributed by atoms with Gasteiger partial charge in [-0.1, -0.05) is 6.58 Å². The van der Waals surface area contributed by atoms with Gasteiger partial charge in [-0.15, -0.1) is 0 Å². The van der Waals surface area contributed by atoms with E-state index in [2.05, 4.69) is 11.3 Å². The Morgan fingerprint density at radius 3 is 2.46 bits per heavy atom. The standard InChI is InChI=1S/C9H7F3O/c1-5(2)13-8-4-6(10)3-7(11)9(8)12/h3-4H,1H2,2H3. The maximum Gasteiger partial charge on any atom is 0.201 e. The molecule has 0 aliphatic heterocycles. The highest BCUT2D eigenvalue weighted by Gasteiger charge is 2.12. The van der Waals surface area contributed by atoms with E-state index in [4.69, 9.17) is 0 Å². The summed E-state index contributed by atoms with van der Waals surface area (Å²) >= 11 is 0. The van der Waals surface area contributed by atoms with E-state index in [1.807, 2.05) is 0 Å². The van der Waals surface area contributed by atoms with Crippen LogP contribution in [0.5, 0.6) is 5.75 Å². The average Bonchev–Trinajstić information content (AvgIpc) is 1.98. The van der Waals surface area contributed by atoms with Gasteiger partial charge in [-0.05, 0) is 6.92 Å². The van der Waals surface area contributed by atoms with Gasteiger partial charge in [0.1, 0.15) is 5.82 Å². The third kappa shape index (κ3) is 2.24. The van der Waals surface area contributed by atoms with E-state index in [1.54, 1.807) is 0 Å². The zero-order chi connectivity index (χ0) is 10.0. The first kappa shape index (κ1) is 9.64. The summed E-state index contributed by atoms with van der Waals surface area (Å²) in [6, 6.07) is 1.20. The van der Waals surface area contributed by atoms with Crippen LogP contribution in [0.1, 0.15) is 6.92 Å². The number of hydrogen-bond acceptors (Lipinski definition) is 1. The van der Waals surface area contributed by atoms with E-state index < -0.39 is 23.2 Å². The van der Waals surface area contributed by atoms with E-state index in [0.29, 0.717) is 6.07 Å². The summed E-state index contributed by atoms with van der Waals surface area (Å²) in [6.45, 7) is 4.76. The molecule has 13 heavy (non-hydrogen) atoms. The summed E-state index contributed by atoms with van der Waals surface area (Å²) in [7, 11) is 0. The van der Waals surface area contributed by atoms with E-state index in [-0.39, 0.29) is 5.76 Å². The van der Waals surface area contributed by atoms with Gasteiger partial charge in [-0.3, -0.25) is 0 Å². The molecule has 0 atom stereocenters. The molecule has 0 aromatic heterocycles. The smallest absolute Gasteiger partial charge is 0.201 e. The van der Waals surface area contributed by atoms with Gasteiger partial charge >= 0.3 is 0 Å². The van der Waals surface area contributed by atoms with Crippen LogP contribution in [-0.2, 0) is 0 Å². The molecule has 70 valence electrons. The molecule has 0 spiro atoms. The molecule has 0 N–H and O–H groups in total. The van der Waals surface area contributed by atoms with Crippen molar-refractivity contribution in [2.24, 2.45) is 0 Å². The molecule has 0 radical (unpaired) electrons. The molecule has 0 amide bonds. The number of allylic oxidation sites excluding steroid dienone is 1. The van der Waals surface area contributed by atoms with Gasteiger partial charge in [0.05, 0.1) is 5.76 Å². The van der Waals surface area contributed by atoms with Crippen molar-refractivity contribution in [3.63, 3.8) is 0 Å². The normalized spacial score (nSPS) is 9.85. The van der Waals surface area contributed by atoms with Gasteiger partial charge in [0.25, 0.3) is 0 Å². The van der Waals surface area contributed by atoms with Crippen molar-refractivity contribution in [3.8, 4) is 5.75 Å². The van der Waals surface area contributed by atoms with Crippen LogP contribution in [-0.4, -0.2) is 0 Å². The first-order chi connectivity index (χ1) is 6.00. The van der Waals surface area contributed by atoms with Gasteiger partial charge in [0, 0.05) is 12.1 Å². The second kappa shape index (κ2) is 3.51.